The highest BCUT2D eigenvalue weighted by Crippen LogP contribution is 2.82. The third kappa shape index (κ3) is 5.21. The lowest BCUT2D eigenvalue weighted by molar-refractivity contribution is 0.348. The number of hydrogen-bond acceptors (Lipinski definition) is 4. The molecular formula is C8H11Cl4NO3S2. The van der Waals surface area contributed by atoms with E-state index in [9.17, 15) is 8.42 Å². The van der Waals surface area contributed by atoms with Gasteiger partial charge in [0.25, 0.3) is 11.0 Å². The molecule has 106 valence electrons. The molecule has 0 radical (unpaired) electrons. The number of rotatable bonds is 5. The van der Waals surface area contributed by atoms with Crippen LogP contribution in [0.3, 0.4) is 0 Å². The minimum absolute atomic E-state index is 0.370. The maximum Gasteiger partial charge on any atom is 0.258 e. The van der Waals surface area contributed by atoms with E-state index in [0.717, 1.165) is 0 Å². The van der Waals surface area contributed by atoms with Crippen LogP contribution < -0.4 is 4.31 Å². The van der Waals surface area contributed by atoms with Crippen LogP contribution in [0.4, 0.5) is 5.69 Å². The summed E-state index contributed by atoms with van der Waals surface area (Å²) in [6.07, 6.45) is 1.42. The minimum atomic E-state index is -3.77. The summed E-state index contributed by atoms with van der Waals surface area (Å²) in [6.45, 7) is -4.14. The summed E-state index contributed by atoms with van der Waals surface area (Å²) in [5.74, 6) is 0. The summed E-state index contributed by atoms with van der Waals surface area (Å²) in [5.41, 5.74) is 0.511. The normalized spacial score (nSPS) is 14.2. The van der Waals surface area contributed by atoms with Gasteiger partial charge in [0.15, 0.2) is 0 Å². The van der Waals surface area contributed by atoms with Gasteiger partial charge in [0, 0.05) is 10.7 Å². The molecular weight excluding hydrogens is 364 g/mol. The van der Waals surface area contributed by atoms with Crippen LogP contribution in [0.5, 0.6) is 0 Å². The molecule has 10 heteroatoms. The zero-order valence-electron chi connectivity index (χ0n) is 9.09. The van der Waals surface area contributed by atoms with Crippen molar-refractivity contribution in [1.82, 2.24) is 0 Å². The number of hydrogen-bond donors (Lipinski definition) is 2. The molecule has 0 fully saturated rings. The molecule has 4 nitrogen and oxygen atoms in total. The van der Waals surface area contributed by atoms with E-state index >= 15 is 0 Å². The van der Waals surface area contributed by atoms with Crippen molar-refractivity contribution in [3.05, 3.63) is 29.3 Å². The third-order valence-corrected chi connectivity index (χ3v) is 5.52. The summed E-state index contributed by atoms with van der Waals surface area (Å²) in [6, 6.07) is 6.44. The summed E-state index contributed by atoms with van der Waals surface area (Å²) >= 11 is 5.76. The molecule has 0 unspecified atom stereocenters. The lowest BCUT2D eigenvalue weighted by Gasteiger charge is -2.50. The van der Waals surface area contributed by atoms with Gasteiger partial charge in [0.1, 0.15) is 6.73 Å². The molecule has 0 bridgehead atoms. The molecule has 1 rings (SSSR count). The highest BCUT2D eigenvalue weighted by atomic mass is 36.2. The monoisotopic (exact) mass is 373 g/mol. The summed E-state index contributed by atoms with van der Waals surface area (Å²) in [7, 11) is 15.2. The molecule has 0 heterocycles. The molecule has 0 saturated carbocycles. The van der Waals surface area contributed by atoms with Gasteiger partial charge in [-0.3, -0.25) is 4.31 Å². The zero-order chi connectivity index (χ0) is 14.0. The first-order valence-corrected chi connectivity index (χ1v) is 11.4. The Morgan fingerprint density at radius 1 is 1.22 bits per heavy atom. The van der Waals surface area contributed by atoms with E-state index in [1.807, 2.05) is 0 Å². The Morgan fingerprint density at radius 2 is 1.72 bits per heavy atom. The van der Waals surface area contributed by atoms with Crippen LogP contribution in [-0.4, -0.2) is 21.4 Å². The fourth-order valence-corrected chi connectivity index (χ4v) is 3.69. The fraction of sp³-hybridized carbons (Fsp3) is 0.250. The van der Waals surface area contributed by atoms with Crippen molar-refractivity contribution in [1.29, 1.82) is 0 Å². The fourth-order valence-electron chi connectivity index (χ4n) is 1.16. The van der Waals surface area contributed by atoms with Gasteiger partial charge in [-0.1, -0.05) is 18.6 Å². The van der Waals surface area contributed by atoms with Gasteiger partial charge >= 0.3 is 0 Å². The molecule has 0 aromatic heterocycles. The van der Waals surface area contributed by atoms with Crippen LogP contribution in [0.15, 0.2) is 24.3 Å². The van der Waals surface area contributed by atoms with Gasteiger partial charge in [-0.15, -0.1) is 0 Å². The molecule has 0 aliphatic carbocycles. The summed E-state index contributed by atoms with van der Waals surface area (Å²) in [5, 5.41) is 0.518. The lowest BCUT2D eigenvalue weighted by atomic mass is 10.3. The van der Waals surface area contributed by atoms with Crippen molar-refractivity contribution in [2.24, 2.45) is 0 Å². The molecule has 0 spiro atoms. The molecule has 1 aromatic rings. The number of anilines is 1. The summed E-state index contributed by atoms with van der Waals surface area (Å²) in [4.78, 5) is 0. The van der Waals surface area contributed by atoms with E-state index in [0.29, 0.717) is 10.7 Å². The van der Waals surface area contributed by atoms with Gasteiger partial charge in [0.2, 0.25) is 0 Å². The van der Waals surface area contributed by atoms with Gasteiger partial charge in [-0.05, 0) is 62.6 Å². The van der Waals surface area contributed by atoms with Crippen LogP contribution >= 0.6 is 50.6 Å². The molecule has 0 amide bonds. The van der Waals surface area contributed by atoms with E-state index in [1.54, 1.807) is 24.3 Å². The van der Waals surface area contributed by atoms with E-state index in [1.165, 1.54) is 10.6 Å². The molecule has 0 aliphatic rings. The van der Waals surface area contributed by atoms with Gasteiger partial charge in [0.05, 0.1) is 0 Å². The second-order valence-corrected chi connectivity index (χ2v) is 16.4. The van der Waals surface area contributed by atoms with Crippen molar-refractivity contribution >= 4 is 67.3 Å². The first-order valence-electron chi connectivity index (χ1n) is 4.54. The minimum Gasteiger partial charge on any atom is -0.292 e. The highest BCUT2D eigenvalue weighted by Gasteiger charge is 2.35. The number of halogens is 4. The van der Waals surface area contributed by atoms with Crippen LogP contribution in [0, 0.1) is 0 Å². The average molecular weight is 375 g/mol. The Bertz CT molecular complexity index is 480. The number of nitrogens with zero attached hydrogens (tertiary/aromatic N) is 1. The van der Waals surface area contributed by atoms with Crippen molar-refractivity contribution in [3.8, 4) is 0 Å². The van der Waals surface area contributed by atoms with Crippen molar-refractivity contribution in [2.75, 3.05) is 17.3 Å². The SMILES string of the molecule is C[SH](Cl)(Cl)(Cl)N(CO[SH](=O)=O)c1ccc(Cl)cc1. The van der Waals surface area contributed by atoms with E-state index in [4.69, 9.17) is 43.6 Å². The second-order valence-electron chi connectivity index (χ2n) is 3.48. The zero-order valence-corrected chi connectivity index (χ0v) is 13.9. The van der Waals surface area contributed by atoms with Crippen molar-refractivity contribution in [3.63, 3.8) is 0 Å². The van der Waals surface area contributed by atoms with Crippen LogP contribution in [0.2, 0.25) is 5.02 Å². The molecule has 0 saturated heterocycles. The predicted octanol–water partition coefficient (Wildman–Crippen LogP) is 3.73. The molecule has 0 N–H and O–H groups in total. The topological polar surface area (TPSA) is 46.6 Å². The molecule has 0 atom stereocenters. The van der Waals surface area contributed by atoms with E-state index in [-0.39, 0.29) is 6.73 Å². The molecule has 1 aromatic carbocycles. The average Bonchev–Trinajstić information content (AvgIpc) is 2.17. The Morgan fingerprint density at radius 3 is 2.11 bits per heavy atom. The van der Waals surface area contributed by atoms with Gasteiger partial charge in [-0.25, -0.2) is 12.6 Å². The second kappa shape index (κ2) is 5.83. The van der Waals surface area contributed by atoms with Crippen molar-refractivity contribution < 1.29 is 12.6 Å². The molecule has 0 aliphatic heterocycles. The van der Waals surface area contributed by atoms with E-state index in [2.05, 4.69) is 4.18 Å². The Kier molecular flexibility index (Phi) is 5.34. The van der Waals surface area contributed by atoms with Crippen molar-refractivity contribution in [2.45, 2.75) is 0 Å². The predicted molar refractivity (Wildman–Crippen MR) is 82.7 cm³/mol. The smallest absolute Gasteiger partial charge is 0.258 e. The maximum absolute atomic E-state index is 10.5. The lowest BCUT2D eigenvalue weighted by Crippen LogP contribution is -2.29. The molecule has 18 heavy (non-hydrogen) atoms. The number of benzene rings is 1. The maximum atomic E-state index is 10.5. The van der Waals surface area contributed by atoms with E-state index < -0.39 is 18.0 Å². The largest absolute Gasteiger partial charge is 0.292 e. The van der Waals surface area contributed by atoms with Crippen LogP contribution in [0.1, 0.15) is 0 Å². The third-order valence-electron chi connectivity index (χ3n) is 1.93. The number of thiol groups is 2. The Balaban J connectivity index is 3.09. The standard InChI is InChI=1S/C8H11Cl4NO3S2/c1-18(10,11,12)13(6-16-17(14)15)8-4-2-7(9)3-5-8/h2-5,17-18H,6H2,1H3. The summed E-state index contributed by atoms with van der Waals surface area (Å²) < 4.78 is 26.7. The first kappa shape index (κ1) is 16.5. The Labute approximate surface area is 126 Å². The van der Waals surface area contributed by atoms with Gasteiger partial charge in [-0.2, -0.15) is 0 Å². The van der Waals surface area contributed by atoms with Crippen LogP contribution in [-0.2, 0) is 15.2 Å². The Hall–Kier alpha value is 0.440. The first-order chi connectivity index (χ1) is 8.06. The van der Waals surface area contributed by atoms with Crippen LogP contribution in [0.25, 0.3) is 0 Å². The van der Waals surface area contributed by atoms with Gasteiger partial charge < -0.3 is 0 Å². The highest BCUT2D eigenvalue weighted by molar-refractivity contribution is 8.91. The quantitative estimate of drug-likeness (QED) is 0.608.